The van der Waals surface area contributed by atoms with E-state index in [0.29, 0.717) is 11.3 Å². The van der Waals surface area contributed by atoms with E-state index in [1.807, 2.05) is 25.4 Å². The van der Waals surface area contributed by atoms with E-state index in [-0.39, 0.29) is 6.04 Å². The zero-order valence-electron chi connectivity index (χ0n) is 17.6. The molecule has 2 aliphatic rings. The van der Waals surface area contributed by atoms with Gasteiger partial charge in [-0.05, 0) is 55.0 Å². The molecule has 2 fully saturated rings. The number of aromatic nitrogens is 3. The van der Waals surface area contributed by atoms with Crippen molar-refractivity contribution < 1.29 is 4.42 Å². The Morgan fingerprint density at radius 1 is 1.00 bits per heavy atom. The molecule has 1 atom stereocenters. The molecule has 2 aromatic heterocycles. The molecule has 0 aliphatic carbocycles. The number of piperidine rings is 1. The highest BCUT2D eigenvalue weighted by Crippen LogP contribution is 2.49. The first-order chi connectivity index (χ1) is 14.7. The number of likely N-dealkylation sites (tertiary alicyclic amines) is 2. The molecule has 4 heterocycles. The first kappa shape index (κ1) is 19.4. The Morgan fingerprint density at radius 3 is 2.50 bits per heavy atom. The summed E-state index contributed by atoms with van der Waals surface area (Å²) in [7, 11) is 0. The van der Waals surface area contributed by atoms with E-state index in [1.165, 1.54) is 24.0 Å². The smallest absolute Gasteiger partial charge is 0.233 e. The Kier molecular flexibility index (Phi) is 5.35. The van der Waals surface area contributed by atoms with Crippen LogP contribution in [0.5, 0.6) is 0 Å². The van der Waals surface area contributed by atoms with Gasteiger partial charge in [0.25, 0.3) is 0 Å². The van der Waals surface area contributed by atoms with Crippen LogP contribution in [0.2, 0.25) is 0 Å². The molecule has 2 saturated heterocycles. The van der Waals surface area contributed by atoms with Crippen LogP contribution >= 0.6 is 0 Å². The minimum absolute atomic E-state index is 0.187. The zero-order chi connectivity index (χ0) is 20.4. The maximum atomic E-state index is 5.88. The fourth-order valence-corrected chi connectivity index (χ4v) is 5.12. The highest BCUT2D eigenvalue weighted by molar-refractivity contribution is 5.15. The summed E-state index contributed by atoms with van der Waals surface area (Å²) in [5.41, 5.74) is 2.96. The van der Waals surface area contributed by atoms with Crippen molar-refractivity contribution in [3.63, 3.8) is 0 Å². The zero-order valence-corrected chi connectivity index (χ0v) is 17.6. The molecule has 0 saturated carbocycles. The van der Waals surface area contributed by atoms with E-state index in [4.69, 9.17) is 4.42 Å². The van der Waals surface area contributed by atoms with E-state index >= 15 is 0 Å². The quantitative estimate of drug-likeness (QED) is 0.642. The number of pyridine rings is 1. The van der Waals surface area contributed by atoms with Crippen LogP contribution in [-0.2, 0) is 13.1 Å². The van der Waals surface area contributed by atoms with E-state index in [9.17, 15) is 0 Å². The van der Waals surface area contributed by atoms with Crippen LogP contribution in [0, 0.1) is 12.3 Å². The van der Waals surface area contributed by atoms with E-state index < -0.39 is 0 Å². The second-order valence-corrected chi connectivity index (χ2v) is 8.91. The molecule has 1 spiro atoms. The maximum absolute atomic E-state index is 5.88. The van der Waals surface area contributed by atoms with E-state index in [0.717, 1.165) is 45.0 Å². The van der Waals surface area contributed by atoms with Crippen LogP contribution in [0.1, 0.15) is 48.2 Å². The van der Waals surface area contributed by atoms with Gasteiger partial charge in [0, 0.05) is 39.0 Å². The number of benzene rings is 1. The summed E-state index contributed by atoms with van der Waals surface area (Å²) in [5.74, 6) is 1.41. The van der Waals surface area contributed by atoms with Gasteiger partial charge in [-0.1, -0.05) is 36.4 Å². The molecule has 6 heteroatoms. The lowest BCUT2D eigenvalue weighted by atomic mass is 9.76. The summed E-state index contributed by atoms with van der Waals surface area (Å²) in [5, 5.41) is 8.49. The molecule has 0 bridgehead atoms. The van der Waals surface area contributed by atoms with Gasteiger partial charge >= 0.3 is 0 Å². The van der Waals surface area contributed by atoms with Crippen LogP contribution in [0.3, 0.4) is 0 Å². The largest absolute Gasteiger partial charge is 0.424 e. The molecule has 5 rings (SSSR count). The SMILES string of the molecule is Cc1nnc(C2CC3(CCN(Cc4ccccc4)CC3)CN2Cc2cccnc2)o1. The van der Waals surface area contributed by atoms with Crippen LogP contribution in [-0.4, -0.2) is 44.6 Å². The minimum atomic E-state index is 0.187. The summed E-state index contributed by atoms with van der Waals surface area (Å²) in [6.45, 7) is 7.15. The van der Waals surface area contributed by atoms with Gasteiger partial charge in [-0.2, -0.15) is 0 Å². The average molecular weight is 404 g/mol. The second kappa shape index (κ2) is 8.28. The monoisotopic (exact) mass is 403 g/mol. The third-order valence-corrected chi connectivity index (χ3v) is 6.71. The average Bonchev–Trinajstić information content (AvgIpc) is 3.35. The van der Waals surface area contributed by atoms with Crippen molar-refractivity contribution in [2.45, 2.75) is 45.3 Å². The fraction of sp³-hybridized carbons (Fsp3) is 0.458. The van der Waals surface area contributed by atoms with Gasteiger partial charge in [0.15, 0.2) is 0 Å². The van der Waals surface area contributed by atoms with Crippen molar-refractivity contribution >= 4 is 0 Å². The Morgan fingerprint density at radius 2 is 1.80 bits per heavy atom. The normalized spacial score (nSPS) is 22.0. The number of rotatable bonds is 5. The van der Waals surface area contributed by atoms with Gasteiger partial charge in [0.05, 0.1) is 6.04 Å². The van der Waals surface area contributed by atoms with Crippen molar-refractivity contribution in [1.29, 1.82) is 0 Å². The van der Waals surface area contributed by atoms with Crippen molar-refractivity contribution in [2.24, 2.45) is 5.41 Å². The summed E-state index contributed by atoms with van der Waals surface area (Å²) in [6.07, 6.45) is 7.31. The molecule has 1 aromatic carbocycles. The van der Waals surface area contributed by atoms with E-state index in [2.05, 4.69) is 61.4 Å². The highest BCUT2D eigenvalue weighted by Gasteiger charge is 2.47. The molecular formula is C24H29N5O. The lowest BCUT2D eigenvalue weighted by Gasteiger charge is -2.39. The molecule has 0 N–H and O–H groups in total. The predicted octanol–water partition coefficient (Wildman–Crippen LogP) is 4.00. The Bertz CT molecular complexity index is 950. The predicted molar refractivity (Wildman–Crippen MR) is 114 cm³/mol. The minimum Gasteiger partial charge on any atom is -0.424 e. The third-order valence-electron chi connectivity index (χ3n) is 6.71. The van der Waals surface area contributed by atoms with Crippen LogP contribution < -0.4 is 0 Å². The standard InChI is InChI=1S/C24H29N5O/c1-19-26-27-23(30-19)22-14-24(18-29(22)17-21-8-5-11-25-15-21)9-12-28(13-10-24)16-20-6-3-2-4-7-20/h2-8,11,15,22H,9-10,12-14,16-18H2,1H3. The summed E-state index contributed by atoms with van der Waals surface area (Å²) >= 11 is 0. The van der Waals surface area contributed by atoms with Crippen LogP contribution in [0.4, 0.5) is 0 Å². The van der Waals surface area contributed by atoms with Gasteiger partial charge < -0.3 is 4.42 Å². The van der Waals surface area contributed by atoms with Gasteiger partial charge in [-0.15, -0.1) is 10.2 Å². The topological polar surface area (TPSA) is 58.3 Å². The van der Waals surface area contributed by atoms with Crippen molar-refractivity contribution in [3.8, 4) is 0 Å². The Labute approximate surface area is 177 Å². The molecule has 0 radical (unpaired) electrons. The summed E-state index contributed by atoms with van der Waals surface area (Å²) in [6, 6.07) is 15.1. The summed E-state index contributed by atoms with van der Waals surface area (Å²) < 4.78 is 5.88. The number of hydrogen-bond donors (Lipinski definition) is 0. The second-order valence-electron chi connectivity index (χ2n) is 8.91. The lowest BCUT2D eigenvalue weighted by Crippen LogP contribution is -2.41. The van der Waals surface area contributed by atoms with Gasteiger partial charge in [-0.3, -0.25) is 14.8 Å². The van der Waals surface area contributed by atoms with E-state index in [1.54, 1.807) is 0 Å². The lowest BCUT2D eigenvalue weighted by molar-refractivity contribution is 0.102. The van der Waals surface area contributed by atoms with Gasteiger partial charge in [0.2, 0.25) is 11.8 Å². The molecule has 3 aromatic rings. The fourth-order valence-electron chi connectivity index (χ4n) is 5.12. The van der Waals surface area contributed by atoms with Crippen molar-refractivity contribution in [3.05, 3.63) is 77.8 Å². The number of aryl methyl sites for hydroxylation is 1. The molecular weight excluding hydrogens is 374 g/mol. The molecule has 156 valence electrons. The van der Waals surface area contributed by atoms with Crippen LogP contribution in [0.15, 0.2) is 59.3 Å². The summed E-state index contributed by atoms with van der Waals surface area (Å²) in [4.78, 5) is 9.42. The van der Waals surface area contributed by atoms with Crippen molar-refractivity contribution in [2.75, 3.05) is 19.6 Å². The van der Waals surface area contributed by atoms with Crippen molar-refractivity contribution in [1.82, 2.24) is 25.0 Å². The molecule has 6 nitrogen and oxygen atoms in total. The molecule has 1 unspecified atom stereocenters. The Hall–Kier alpha value is -2.57. The number of hydrogen-bond acceptors (Lipinski definition) is 6. The molecule has 2 aliphatic heterocycles. The number of nitrogens with zero attached hydrogens (tertiary/aromatic N) is 5. The molecule has 0 amide bonds. The first-order valence-electron chi connectivity index (χ1n) is 10.9. The maximum Gasteiger partial charge on any atom is 0.233 e. The Balaban J connectivity index is 1.30. The van der Waals surface area contributed by atoms with Gasteiger partial charge in [-0.25, -0.2) is 0 Å². The van der Waals surface area contributed by atoms with Crippen LogP contribution in [0.25, 0.3) is 0 Å². The third kappa shape index (κ3) is 4.16. The first-order valence-corrected chi connectivity index (χ1v) is 10.9. The molecule has 30 heavy (non-hydrogen) atoms. The van der Waals surface area contributed by atoms with Gasteiger partial charge in [0.1, 0.15) is 0 Å². The highest BCUT2D eigenvalue weighted by atomic mass is 16.4.